The lowest BCUT2D eigenvalue weighted by molar-refractivity contribution is 0.0845. The van der Waals surface area contributed by atoms with Crippen LogP contribution in [0.15, 0.2) is 24.3 Å². The molecule has 0 atom stereocenters. The summed E-state index contributed by atoms with van der Waals surface area (Å²) in [5.74, 6) is 0.0829. The molecule has 1 aromatic rings. The van der Waals surface area contributed by atoms with Crippen LogP contribution in [0.5, 0.6) is 0 Å². The molecule has 1 aliphatic heterocycles. The zero-order valence-corrected chi connectivity index (χ0v) is 9.83. The summed E-state index contributed by atoms with van der Waals surface area (Å²) in [5, 5.41) is 0. The van der Waals surface area contributed by atoms with E-state index in [2.05, 4.69) is 0 Å². The summed E-state index contributed by atoms with van der Waals surface area (Å²) in [6.45, 7) is 1.55. The molecule has 1 heterocycles. The van der Waals surface area contributed by atoms with Gasteiger partial charge in [0.05, 0.1) is 0 Å². The maximum atomic E-state index is 11.3. The standard InChI is InChI=1S/C12H15NO2.ClH/c13-12(14)11-4-2-1-3-10(11)9-5-7-15-8-6-9;/h1-4,9H,5-8H2,(H2,13,14);1H. The van der Waals surface area contributed by atoms with E-state index < -0.39 is 0 Å². The Morgan fingerprint density at radius 1 is 1.25 bits per heavy atom. The van der Waals surface area contributed by atoms with E-state index in [1.807, 2.05) is 18.2 Å². The van der Waals surface area contributed by atoms with Crippen LogP contribution in [0, 0.1) is 0 Å². The lowest BCUT2D eigenvalue weighted by Crippen LogP contribution is -2.19. The van der Waals surface area contributed by atoms with E-state index >= 15 is 0 Å². The Labute approximate surface area is 101 Å². The van der Waals surface area contributed by atoms with Crippen LogP contribution in [0.4, 0.5) is 0 Å². The molecular weight excluding hydrogens is 226 g/mol. The molecule has 0 saturated carbocycles. The second-order valence-corrected chi connectivity index (χ2v) is 3.84. The molecule has 1 aromatic carbocycles. The Bertz CT molecular complexity index is 362. The molecule has 88 valence electrons. The summed E-state index contributed by atoms with van der Waals surface area (Å²) in [4.78, 5) is 11.3. The summed E-state index contributed by atoms with van der Waals surface area (Å²) in [5.41, 5.74) is 7.09. The van der Waals surface area contributed by atoms with Crippen LogP contribution < -0.4 is 5.73 Å². The number of hydrogen-bond acceptors (Lipinski definition) is 2. The molecule has 2 rings (SSSR count). The Morgan fingerprint density at radius 2 is 1.88 bits per heavy atom. The van der Waals surface area contributed by atoms with Gasteiger partial charge in [0.15, 0.2) is 0 Å². The molecule has 1 saturated heterocycles. The summed E-state index contributed by atoms with van der Waals surface area (Å²) in [6, 6.07) is 7.60. The first kappa shape index (κ1) is 13.0. The van der Waals surface area contributed by atoms with Crippen molar-refractivity contribution in [1.29, 1.82) is 0 Å². The van der Waals surface area contributed by atoms with Crippen LogP contribution in [-0.2, 0) is 4.74 Å². The van der Waals surface area contributed by atoms with Crippen molar-refractivity contribution >= 4 is 18.3 Å². The number of ether oxygens (including phenoxy) is 1. The van der Waals surface area contributed by atoms with Crippen molar-refractivity contribution in [2.45, 2.75) is 18.8 Å². The molecule has 0 aromatic heterocycles. The van der Waals surface area contributed by atoms with E-state index in [1.54, 1.807) is 6.07 Å². The van der Waals surface area contributed by atoms with Crippen molar-refractivity contribution in [2.24, 2.45) is 5.73 Å². The number of halogens is 1. The maximum absolute atomic E-state index is 11.3. The zero-order valence-electron chi connectivity index (χ0n) is 9.02. The van der Waals surface area contributed by atoms with E-state index in [9.17, 15) is 4.79 Å². The molecule has 0 aliphatic carbocycles. The minimum Gasteiger partial charge on any atom is -0.381 e. The largest absolute Gasteiger partial charge is 0.381 e. The molecule has 4 heteroatoms. The highest BCUT2D eigenvalue weighted by Crippen LogP contribution is 2.29. The third-order valence-electron chi connectivity index (χ3n) is 2.89. The monoisotopic (exact) mass is 241 g/mol. The van der Waals surface area contributed by atoms with Gasteiger partial charge in [-0.05, 0) is 30.4 Å². The minimum absolute atomic E-state index is 0. The number of nitrogens with two attached hydrogens (primary N) is 1. The Kier molecular flexibility index (Phi) is 4.77. The number of rotatable bonds is 2. The molecule has 0 radical (unpaired) electrons. The van der Waals surface area contributed by atoms with Gasteiger partial charge in [-0.1, -0.05) is 18.2 Å². The molecule has 0 unspecified atom stereocenters. The second-order valence-electron chi connectivity index (χ2n) is 3.84. The molecule has 1 aliphatic rings. The zero-order chi connectivity index (χ0) is 10.7. The smallest absolute Gasteiger partial charge is 0.248 e. The highest BCUT2D eigenvalue weighted by molar-refractivity contribution is 5.94. The number of primary amides is 1. The van der Waals surface area contributed by atoms with Gasteiger partial charge < -0.3 is 10.5 Å². The van der Waals surface area contributed by atoms with Crippen molar-refractivity contribution in [3.8, 4) is 0 Å². The predicted octanol–water partition coefficient (Wildman–Crippen LogP) is 2.10. The normalized spacial score (nSPS) is 16.5. The first-order valence-electron chi connectivity index (χ1n) is 5.25. The molecule has 1 amide bonds. The number of amides is 1. The maximum Gasteiger partial charge on any atom is 0.248 e. The third-order valence-corrected chi connectivity index (χ3v) is 2.89. The fourth-order valence-electron chi connectivity index (χ4n) is 2.09. The van der Waals surface area contributed by atoms with E-state index in [1.165, 1.54) is 0 Å². The molecular formula is C12H16ClNO2. The quantitative estimate of drug-likeness (QED) is 0.862. The molecule has 3 nitrogen and oxygen atoms in total. The van der Waals surface area contributed by atoms with Gasteiger partial charge in [0, 0.05) is 18.8 Å². The van der Waals surface area contributed by atoms with Crippen LogP contribution in [0.2, 0.25) is 0 Å². The lowest BCUT2D eigenvalue weighted by atomic mass is 9.88. The van der Waals surface area contributed by atoms with Gasteiger partial charge >= 0.3 is 0 Å². The number of carbonyl (C=O) groups excluding carboxylic acids is 1. The van der Waals surface area contributed by atoms with Crippen molar-refractivity contribution in [1.82, 2.24) is 0 Å². The number of hydrogen-bond donors (Lipinski definition) is 1. The van der Waals surface area contributed by atoms with Gasteiger partial charge in [-0.25, -0.2) is 0 Å². The molecule has 1 fully saturated rings. The molecule has 0 spiro atoms. The van der Waals surface area contributed by atoms with E-state index in [0.717, 1.165) is 31.6 Å². The van der Waals surface area contributed by atoms with Gasteiger partial charge in [-0.15, -0.1) is 12.4 Å². The van der Waals surface area contributed by atoms with Crippen LogP contribution in [0.1, 0.15) is 34.7 Å². The van der Waals surface area contributed by atoms with Crippen LogP contribution in [0.25, 0.3) is 0 Å². The average Bonchev–Trinajstić information content (AvgIpc) is 2.30. The second kappa shape index (κ2) is 5.87. The van der Waals surface area contributed by atoms with Crippen LogP contribution >= 0.6 is 12.4 Å². The Morgan fingerprint density at radius 3 is 2.50 bits per heavy atom. The van der Waals surface area contributed by atoms with Crippen LogP contribution in [0.3, 0.4) is 0 Å². The predicted molar refractivity (Wildman–Crippen MR) is 65.0 cm³/mol. The summed E-state index contributed by atoms with van der Waals surface area (Å²) >= 11 is 0. The van der Waals surface area contributed by atoms with Gasteiger partial charge in [0.2, 0.25) is 5.91 Å². The molecule has 2 N–H and O–H groups in total. The fourth-order valence-corrected chi connectivity index (χ4v) is 2.09. The van der Waals surface area contributed by atoms with Gasteiger partial charge in [0.1, 0.15) is 0 Å². The molecule has 0 bridgehead atoms. The topological polar surface area (TPSA) is 52.3 Å². The van der Waals surface area contributed by atoms with Gasteiger partial charge in [0.25, 0.3) is 0 Å². The first-order chi connectivity index (χ1) is 7.29. The summed E-state index contributed by atoms with van der Waals surface area (Å²) in [6.07, 6.45) is 1.95. The van der Waals surface area contributed by atoms with Crippen molar-refractivity contribution in [3.63, 3.8) is 0 Å². The minimum atomic E-state index is -0.336. The SMILES string of the molecule is Cl.NC(=O)c1ccccc1C1CCOCC1. The lowest BCUT2D eigenvalue weighted by Gasteiger charge is -2.23. The Balaban J connectivity index is 0.00000128. The van der Waals surface area contributed by atoms with E-state index in [0.29, 0.717) is 11.5 Å². The number of benzene rings is 1. The molecule has 16 heavy (non-hydrogen) atoms. The third kappa shape index (κ3) is 2.74. The van der Waals surface area contributed by atoms with Gasteiger partial charge in [-0.3, -0.25) is 4.79 Å². The van der Waals surface area contributed by atoms with Crippen molar-refractivity contribution in [3.05, 3.63) is 35.4 Å². The van der Waals surface area contributed by atoms with Gasteiger partial charge in [-0.2, -0.15) is 0 Å². The fraction of sp³-hybridized carbons (Fsp3) is 0.417. The van der Waals surface area contributed by atoms with Crippen molar-refractivity contribution < 1.29 is 9.53 Å². The van der Waals surface area contributed by atoms with E-state index in [-0.39, 0.29) is 18.3 Å². The Hall–Kier alpha value is -1.06. The van der Waals surface area contributed by atoms with Crippen molar-refractivity contribution in [2.75, 3.05) is 13.2 Å². The highest BCUT2D eigenvalue weighted by Gasteiger charge is 2.19. The van der Waals surface area contributed by atoms with Crippen LogP contribution in [-0.4, -0.2) is 19.1 Å². The number of carbonyl (C=O) groups is 1. The summed E-state index contributed by atoms with van der Waals surface area (Å²) < 4.78 is 5.31. The van der Waals surface area contributed by atoms with E-state index in [4.69, 9.17) is 10.5 Å². The highest BCUT2D eigenvalue weighted by atomic mass is 35.5. The summed E-state index contributed by atoms with van der Waals surface area (Å²) in [7, 11) is 0. The first-order valence-corrected chi connectivity index (χ1v) is 5.25. The average molecular weight is 242 g/mol.